The molecule has 0 saturated carbocycles. The summed E-state index contributed by atoms with van der Waals surface area (Å²) in [6.07, 6.45) is 8.40. The highest BCUT2D eigenvalue weighted by Gasteiger charge is 2.20. The molecular weight excluding hydrogens is 617 g/mol. The van der Waals surface area contributed by atoms with Crippen molar-refractivity contribution in [1.29, 1.82) is 0 Å². The summed E-state index contributed by atoms with van der Waals surface area (Å²) >= 11 is 0. The van der Waals surface area contributed by atoms with E-state index in [1.54, 1.807) is 18.3 Å². The third-order valence-corrected chi connectivity index (χ3v) is 9.54. The maximum atomic E-state index is 14.5. The van der Waals surface area contributed by atoms with Gasteiger partial charge in [-0.05, 0) is 102 Å². The van der Waals surface area contributed by atoms with Crippen LogP contribution in [0.3, 0.4) is 0 Å². The fourth-order valence-electron chi connectivity index (χ4n) is 7.21. The van der Waals surface area contributed by atoms with Crippen LogP contribution in [0.4, 0.5) is 0 Å². The second kappa shape index (κ2) is 12.1. The van der Waals surface area contributed by atoms with Gasteiger partial charge < -0.3 is 0 Å². The van der Waals surface area contributed by atoms with Crippen LogP contribution in [0, 0.1) is 0 Å². The van der Waals surface area contributed by atoms with Crippen LogP contribution >= 0.6 is 0 Å². The van der Waals surface area contributed by atoms with Gasteiger partial charge in [0, 0.05) is 0 Å². The minimum atomic E-state index is -0.188. The summed E-state index contributed by atoms with van der Waals surface area (Å²) in [6, 6.07) is 49.8. The molecule has 0 fully saturated rings. The normalized spacial score (nSPS) is 12.8. The van der Waals surface area contributed by atoms with Crippen LogP contribution < -0.4 is 11.4 Å². The summed E-state index contributed by atoms with van der Waals surface area (Å²) in [5, 5.41) is 0. The molecule has 6 heteroatoms. The van der Waals surface area contributed by atoms with Gasteiger partial charge in [0.05, 0.1) is 44.8 Å². The summed E-state index contributed by atoms with van der Waals surface area (Å²) in [5.74, 6) is 0. The van der Waals surface area contributed by atoms with Crippen LogP contribution in [0.1, 0.15) is 18.4 Å². The molecular formula is C44H32N4O2. The van der Waals surface area contributed by atoms with Gasteiger partial charge in [-0.15, -0.1) is 0 Å². The Morgan fingerprint density at radius 3 is 1.32 bits per heavy atom. The molecule has 6 aromatic carbocycles. The van der Waals surface area contributed by atoms with Gasteiger partial charge >= 0.3 is 11.4 Å². The molecule has 0 amide bonds. The fourth-order valence-corrected chi connectivity index (χ4v) is 7.21. The Bertz CT molecular complexity index is 2760. The maximum Gasteiger partial charge on any atom is 0.338 e. The molecule has 9 rings (SSSR count). The molecule has 50 heavy (non-hydrogen) atoms. The van der Waals surface area contributed by atoms with Gasteiger partial charge in [0.2, 0.25) is 0 Å². The molecule has 0 N–H and O–H groups in total. The Hall–Kier alpha value is -6.66. The number of imidazole rings is 2. The predicted octanol–water partition coefficient (Wildman–Crippen LogP) is 9.28. The molecule has 0 atom stereocenters. The largest absolute Gasteiger partial charge is 0.338 e. The average molecular weight is 649 g/mol. The first-order valence-corrected chi connectivity index (χ1v) is 16.8. The molecule has 2 aromatic heterocycles. The average Bonchev–Trinajstić information content (AvgIpc) is 3.65. The third kappa shape index (κ3) is 4.89. The minimum Gasteiger partial charge on any atom is -0.260 e. The smallest absolute Gasteiger partial charge is 0.260 e. The molecule has 2 heterocycles. The lowest BCUT2D eigenvalue weighted by Crippen LogP contribution is -2.23. The number of fused-ring (bicyclic) bond motifs is 2. The second-order valence-electron chi connectivity index (χ2n) is 12.5. The lowest BCUT2D eigenvalue weighted by atomic mass is 9.97. The van der Waals surface area contributed by atoms with E-state index >= 15 is 0 Å². The summed E-state index contributed by atoms with van der Waals surface area (Å²) in [7, 11) is 0. The van der Waals surface area contributed by atoms with E-state index in [0.29, 0.717) is 11.4 Å². The zero-order valence-electron chi connectivity index (χ0n) is 27.2. The molecule has 1 aliphatic rings. The zero-order chi connectivity index (χ0) is 33.6. The van der Waals surface area contributed by atoms with Crippen molar-refractivity contribution in [2.24, 2.45) is 0 Å². The molecule has 0 saturated heterocycles. The Kier molecular flexibility index (Phi) is 7.13. The van der Waals surface area contributed by atoms with Crippen LogP contribution in [0.5, 0.6) is 0 Å². The number of rotatable bonds is 6. The summed E-state index contributed by atoms with van der Waals surface area (Å²) in [4.78, 5) is 28.9. The molecule has 6 nitrogen and oxygen atoms in total. The van der Waals surface area contributed by atoms with Crippen LogP contribution in [-0.4, -0.2) is 18.3 Å². The summed E-state index contributed by atoms with van der Waals surface area (Å²) in [6.45, 7) is 0. The standard InChI is InChI=1S/C44H32N4O2/c49-43-45(35-20-11-18-33(28-35)31-14-3-1-4-15-31)39-24-7-9-26-41(39)47(43)37-22-13-23-38(30-37)48-42-27-10-8-25-40(42)46(44(48)50)36-21-12-19-34(29-36)32-16-5-2-6-17-32/h1-5,7-16,18-30H,6,17H2. The van der Waals surface area contributed by atoms with Gasteiger partial charge in [-0.3, -0.25) is 18.3 Å². The predicted molar refractivity (Wildman–Crippen MR) is 203 cm³/mol. The monoisotopic (exact) mass is 648 g/mol. The maximum absolute atomic E-state index is 14.5. The number of hydrogen-bond acceptors (Lipinski definition) is 2. The van der Waals surface area contributed by atoms with Gasteiger partial charge in [-0.1, -0.05) is 103 Å². The summed E-state index contributed by atoms with van der Waals surface area (Å²) < 4.78 is 7.01. The van der Waals surface area contributed by atoms with Crippen LogP contribution in [0.15, 0.2) is 179 Å². The van der Waals surface area contributed by atoms with E-state index in [9.17, 15) is 9.59 Å². The molecule has 240 valence electrons. The van der Waals surface area contributed by atoms with Gasteiger partial charge in [-0.2, -0.15) is 0 Å². The third-order valence-electron chi connectivity index (χ3n) is 9.54. The summed E-state index contributed by atoms with van der Waals surface area (Å²) in [5.41, 5.74) is 10.2. The fraction of sp³-hybridized carbons (Fsp3) is 0.0455. The van der Waals surface area contributed by atoms with E-state index in [-0.39, 0.29) is 11.4 Å². The molecule has 8 aromatic rings. The van der Waals surface area contributed by atoms with Crippen LogP contribution in [-0.2, 0) is 0 Å². The van der Waals surface area contributed by atoms with Crippen molar-refractivity contribution in [3.63, 3.8) is 0 Å². The highest BCUT2D eigenvalue weighted by atomic mass is 16.2. The topological polar surface area (TPSA) is 53.9 Å². The molecule has 0 unspecified atom stereocenters. The van der Waals surface area contributed by atoms with E-state index in [1.807, 2.05) is 115 Å². The van der Waals surface area contributed by atoms with E-state index in [4.69, 9.17) is 0 Å². The van der Waals surface area contributed by atoms with E-state index in [1.165, 1.54) is 5.57 Å². The first kappa shape index (κ1) is 29.5. The van der Waals surface area contributed by atoms with Crippen LogP contribution in [0.2, 0.25) is 0 Å². The number of allylic oxidation sites excluding steroid dienone is 4. The first-order chi connectivity index (χ1) is 24.7. The lowest BCUT2D eigenvalue weighted by molar-refractivity contribution is 0.914. The van der Waals surface area contributed by atoms with Gasteiger partial charge in [-0.25, -0.2) is 9.59 Å². The van der Waals surface area contributed by atoms with E-state index in [2.05, 4.69) is 54.6 Å². The first-order valence-electron chi connectivity index (χ1n) is 16.8. The van der Waals surface area contributed by atoms with Crippen molar-refractivity contribution in [1.82, 2.24) is 18.3 Å². The van der Waals surface area contributed by atoms with Crippen molar-refractivity contribution >= 4 is 27.6 Å². The number of nitrogens with zero attached hydrogens (tertiary/aromatic N) is 4. The zero-order valence-corrected chi connectivity index (χ0v) is 27.2. The van der Waals surface area contributed by atoms with Crippen molar-refractivity contribution < 1.29 is 0 Å². The molecule has 1 aliphatic carbocycles. The van der Waals surface area contributed by atoms with Gasteiger partial charge in [0.25, 0.3) is 0 Å². The highest BCUT2D eigenvalue weighted by Crippen LogP contribution is 2.29. The van der Waals surface area contributed by atoms with Crippen LogP contribution in [0.25, 0.3) is 61.5 Å². The number of hydrogen-bond donors (Lipinski definition) is 0. The number of benzene rings is 6. The number of aromatic nitrogens is 4. The van der Waals surface area contributed by atoms with Crippen molar-refractivity contribution in [2.45, 2.75) is 12.8 Å². The Morgan fingerprint density at radius 2 is 0.820 bits per heavy atom. The van der Waals surface area contributed by atoms with E-state index < -0.39 is 0 Å². The highest BCUT2D eigenvalue weighted by molar-refractivity contribution is 5.83. The Morgan fingerprint density at radius 1 is 0.400 bits per heavy atom. The Labute approximate surface area is 288 Å². The molecule has 0 spiro atoms. The van der Waals surface area contributed by atoms with Crippen molar-refractivity contribution in [3.8, 4) is 33.9 Å². The van der Waals surface area contributed by atoms with E-state index in [0.717, 1.165) is 63.0 Å². The lowest BCUT2D eigenvalue weighted by Gasteiger charge is -2.11. The quantitative estimate of drug-likeness (QED) is 0.181. The number of para-hydroxylation sites is 4. The Balaban J connectivity index is 1.20. The van der Waals surface area contributed by atoms with Crippen molar-refractivity contribution in [2.75, 3.05) is 0 Å². The van der Waals surface area contributed by atoms with Gasteiger partial charge in [0.1, 0.15) is 0 Å². The van der Waals surface area contributed by atoms with Gasteiger partial charge in [0.15, 0.2) is 0 Å². The van der Waals surface area contributed by atoms with Crippen molar-refractivity contribution in [3.05, 3.63) is 196 Å². The molecule has 0 radical (unpaired) electrons. The molecule has 0 aliphatic heterocycles. The molecule has 0 bridgehead atoms. The second-order valence-corrected chi connectivity index (χ2v) is 12.5. The minimum absolute atomic E-state index is 0.175. The SMILES string of the molecule is O=c1n(-c2cccc(C3=CC=CCC3)c2)c2ccccc2n1-c1cccc(-n2c(=O)n(-c3cccc(-c4ccccc4)c3)c3ccccc32)c1.